The minimum atomic E-state index is -0.134. The van der Waals surface area contributed by atoms with E-state index in [-0.39, 0.29) is 5.41 Å². The van der Waals surface area contributed by atoms with Crippen LogP contribution in [-0.4, -0.2) is 24.1 Å². The van der Waals surface area contributed by atoms with Crippen molar-refractivity contribution in [3.05, 3.63) is 187 Å². The molecule has 1 aliphatic rings. The lowest BCUT2D eigenvalue weighted by Gasteiger charge is -2.21. The smallest absolute Gasteiger partial charge is 0.240 e. The molecule has 0 saturated carbocycles. The number of aromatic nitrogens is 5. The molecule has 0 aliphatic heterocycles. The van der Waals surface area contributed by atoms with Crippen LogP contribution >= 0.6 is 0 Å². The van der Waals surface area contributed by atoms with E-state index >= 15 is 0 Å². The van der Waals surface area contributed by atoms with Gasteiger partial charge in [0.2, 0.25) is 11.9 Å². The molecule has 6 heteroatoms. The van der Waals surface area contributed by atoms with Crippen LogP contribution in [0.5, 0.6) is 0 Å². The third-order valence-electron chi connectivity index (χ3n) is 12.8. The van der Waals surface area contributed by atoms with Crippen LogP contribution in [0, 0.1) is 0 Å². The molecule has 13 rings (SSSR count). The van der Waals surface area contributed by atoms with Gasteiger partial charge in [0, 0.05) is 43.3 Å². The quantitative estimate of drug-likeness (QED) is 0.179. The van der Waals surface area contributed by atoms with Gasteiger partial charge in [-0.1, -0.05) is 141 Å². The fraction of sp³-hybridized carbons (Fsp3) is 0.0556. The Labute approximate surface area is 344 Å². The van der Waals surface area contributed by atoms with Gasteiger partial charge in [-0.05, 0) is 81.9 Å². The van der Waals surface area contributed by atoms with Crippen molar-refractivity contribution in [1.29, 1.82) is 0 Å². The first-order valence-corrected chi connectivity index (χ1v) is 20.4. The van der Waals surface area contributed by atoms with E-state index in [4.69, 9.17) is 19.4 Å². The molecule has 60 heavy (non-hydrogen) atoms. The predicted molar refractivity (Wildman–Crippen MR) is 244 cm³/mol. The minimum Gasteiger partial charge on any atom is -0.456 e. The van der Waals surface area contributed by atoms with E-state index in [1.807, 2.05) is 12.1 Å². The molecule has 0 spiro atoms. The van der Waals surface area contributed by atoms with Crippen molar-refractivity contribution in [2.45, 2.75) is 19.3 Å². The van der Waals surface area contributed by atoms with Crippen LogP contribution in [0.15, 0.2) is 180 Å². The lowest BCUT2D eigenvalue weighted by molar-refractivity contribution is 0.661. The highest BCUT2D eigenvalue weighted by molar-refractivity contribution is 6.14. The van der Waals surface area contributed by atoms with E-state index in [0.717, 1.165) is 76.9 Å². The number of benzene rings is 8. The molecule has 8 aromatic carbocycles. The molecule has 6 nitrogen and oxygen atoms in total. The van der Waals surface area contributed by atoms with Crippen molar-refractivity contribution in [2.24, 2.45) is 0 Å². The molecule has 0 atom stereocenters. The van der Waals surface area contributed by atoms with Gasteiger partial charge >= 0.3 is 0 Å². The molecule has 0 fully saturated rings. The third kappa shape index (κ3) is 4.56. The van der Waals surface area contributed by atoms with E-state index < -0.39 is 0 Å². The van der Waals surface area contributed by atoms with E-state index in [2.05, 4.69) is 187 Å². The highest BCUT2D eigenvalue weighted by Gasteiger charge is 2.36. The van der Waals surface area contributed by atoms with E-state index in [1.54, 1.807) is 0 Å². The molecule has 0 saturated heterocycles. The predicted octanol–water partition coefficient (Wildman–Crippen LogP) is 13.6. The summed E-state index contributed by atoms with van der Waals surface area (Å²) in [7, 11) is 0. The maximum Gasteiger partial charge on any atom is 0.240 e. The Morgan fingerprint density at radius 2 is 1.00 bits per heavy atom. The van der Waals surface area contributed by atoms with Gasteiger partial charge in [0.05, 0.1) is 22.1 Å². The molecule has 0 amide bonds. The van der Waals surface area contributed by atoms with Crippen molar-refractivity contribution >= 4 is 65.6 Å². The molecule has 0 N–H and O–H groups in total. The Balaban J connectivity index is 1.10. The molecule has 1 aliphatic carbocycles. The van der Waals surface area contributed by atoms with Crippen LogP contribution in [0.2, 0.25) is 0 Å². The lowest BCUT2D eigenvalue weighted by atomic mass is 9.82. The fourth-order valence-corrected chi connectivity index (χ4v) is 10.0. The summed E-state index contributed by atoms with van der Waals surface area (Å²) in [6.45, 7) is 4.67. The largest absolute Gasteiger partial charge is 0.456 e. The van der Waals surface area contributed by atoms with Crippen LogP contribution in [0.25, 0.3) is 111 Å². The fourth-order valence-electron chi connectivity index (χ4n) is 10.0. The molecule has 0 radical (unpaired) electrons. The normalized spacial score (nSPS) is 13.3. The van der Waals surface area contributed by atoms with Gasteiger partial charge < -0.3 is 4.42 Å². The number of nitrogens with zero attached hydrogens (tertiary/aromatic N) is 5. The number of rotatable bonds is 4. The number of hydrogen-bond acceptors (Lipinski definition) is 4. The monoisotopic (exact) mass is 769 g/mol. The van der Waals surface area contributed by atoms with Gasteiger partial charge in [0.15, 0.2) is 5.82 Å². The number of hydrogen-bond donors (Lipinski definition) is 0. The molecule has 4 heterocycles. The summed E-state index contributed by atoms with van der Waals surface area (Å²) in [5.74, 6) is 1.65. The van der Waals surface area contributed by atoms with Crippen LogP contribution in [0.3, 0.4) is 0 Å². The summed E-state index contributed by atoms with van der Waals surface area (Å²) >= 11 is 0. The summed E-state index contributed by atoms with van der Waals surface area (Å²) in [5, 5.41) is 6.75. The molecule has 0 bridgehead atoms. The molecule has 0 unspecified atom stereocenters. The van der Waals surface area contributed by atoms with Crippen LogP contribution in [0.4, 0.5) is 0 Å². The van der Waals surface area contributed by atoms with Crippen LogP contribution in [-0.2, 0) is 5.41 Å². The zero-order valence-corrected chi connectivity index (χ0v) is 32.9. The number of furan rings is 1. The Morgan fingerprint density at radius 3 is 1.72 bits per heavy atom. The molecular formula is C54H35N5O. The Morgan fingerprint density at radius 1 is 0.400 bits per heavy atom. The molecular weight excluding hydrogens is 735 g/mol. The molecule has 12 aromatic rings. The summed E-state index contributed by atoms with van der Waals surface area (Å²) in [6, 6.07) is 62.2. The van der Waals surface area contributed by atoms with Gasteiger partial charge in [-0.15, -0.1) is 0 Å². The van der Waals surface area contributed by atoms with Crippen molar-refractivity contribution < 1.29 is 4.42 Å². The number of fused-ring (bicyclic) bond motifs is 12. The molecule has 282 valence electrons. The van der Waals surface area contributed by atoms with Crippen molar-refractivity contribution in [3.8, 4) is 45.5 Å². The average molecular weight is 770 g/mol. The van der Waals surface area contributed by atoms with Gasteiger partial charge in [-0.3, -0.25) is 9.13 Å². The zero-order valence-electron chi connectivity index (χ0n) is 32.9. The Kier molecular flexibility index (Phi) is 6.69. The average Bonchev–Trinajstić information content (AvgIpc) is 4.01. The molecule has 4 aromatic heterocycles. The van der Waals surface area contributed by atoms with E-state index in [1.165, 1.54) is 27.6 Å². The van der Waals surface area contributed by atoms with Gasteiger partial charge in [0.25, 0.3) is 0 Å². The zero-order chi connectivity index (χ0) is 39.7. The Hall–Kier alpha value is -7.83. The highest BCUT2D eigenvalue weighted by atomic mass is 16.3. The maximum atomic E-state index is 6.62. The third-order valence-corrected chi connectivity index (χ3v) is 12.8. The second-order valence-electron chi connectivity index (χ2n) is 16.4. The van der Waals surface area contributed by atoms with Crippen molar-refractivity contribution in [3.63, 3.8) is 0 Å². The lowest BCUT2D eigenvalue weighted by Crippen LogP contribution is -2.14. The standard InChI is InChI=1S/C54H35N5O/c1-54(2)42-22-10-6-17-35(42)40-31-47-41(30-43(40)54)38-20-9-13-25-46(38)59(47)53-56-51(55-52(57-53)58-44-23-11-7-18-36(44)37-19-8-12-24-45(37)58)33-27-28-39-49(29-33)60-48-26-14-21-34(50(39)48)32-15-4-3-5-16-32/h3-31H,1-2H3. The van der Waals surface area contributed by atoms with Gasteiger partial charge in [-0.2, -0.15) is 15.0 Å². The van der Waals surface area contributed by atoms with Gasteiger partial charge in [-0.25, -0.2) is 0 Å². The minimum absolute atomic E-state index is 0.134. The second-order valence-corrected chi connectivity index (χ2v) is 16.4. The first kappa shape index (κ1) is 33.2. The van der Waals surface area contributed by atoms with Crippen molar-refractivity contribution in [1.82, 2.24) is 24.1 Å². The Bertz CT molecular complexity index is 3700. The summed E-state index contributed by atoms with van der Waals surface area (Å²) < 4.78 is 11.0. The van der Waals surface area contributed by atoms with E-state index in [9.17, 15) is 0 Å². The summed E-state index contributed by atoms with van der Waals surface area (Å²) in [6.07, 6.45) is 0. The highest BCUT2D eigenvalue weighted by Crippen LogP contribution is 2.51. The van der Waals surface area contributed by atoms with Crippen LogP contribution in [0.1, 0.15) is 25.0 Å². The van der Waals surface area contributed by atoms with Crippen molar-refractivity contribution in [2.75, 3.05) is 0 Å². The van der Waals surface area contributed by atoms with E-state index in [0.29, 0.717) is 17.7 Å². The van der Waals surface area contributed by atoms with Gasteiger partial charge in [0.1, 0.15) is 11.2 Å². The topological polar surface area (TPSA) is 61.7 Å². The maximum absolute atomic E-state index is 6.62. The first-order chi connectivity index (χ1) is 29.5. The summed E-state index contributed by atoms with van der Waals surface area (Å²) in [5.41, 5.74) is 13.9. The first-order valence-electron chi connectivity index (χ1n) is 20.4. The SMILES string of the molecule is CC1(C)c2ccccc2-c2cc3c(cc21)c1ccccc1n3-c1nc(-c2ccc3c(c2)oc2cccc(-c4ccccc4)c23)nc(-n2c3ccccc3c3ccccc32)n1. The number of para-hydroxylation sites is 3. The summed E-state index contributed by atoms with van der Waals surface area (Å²) in [4.78, 5) is 16.2. The van der Waals surface area contributed by atoms with Crippen LogP contribution < -0.4 is 0 Å². The second kappa shape index (κ2) is 12.1.